The van der Waals surface area contributed by atoms with Gasteiger partial charge in [-0.15, -0.1) is 0 Å². The van der Waals surface area contributed by atoms with E-state index in [9.17, 15) is 4.79 Å². The maximum absolute atomic E-state index is 12.6. The van der Waals surface area contributed by atoms with E-state index in [-0.39, 0.29) is 34.4 Å². The molecule has 2 aromatic carbocycles. The Kier molecular flexibility index (Phi) is 11.9. The molecule has 2 unspecified atom stereocenters. The van der Waals surface area contributed by atoms with Crippen LogP contribution in [0.5, 0.6) is 11.5 Å². The van der Waals surface area contributed by atoms with Crippen LogP contribution >= 0.6 is 20.2 Å². The number of ether oxygens (including phenoxy) is 2. The van der Waals surface area contributed by atoms with Gasteiger partial charge in [-0.1, -0.05) is 56.8 Å². The maximum atomic E-state index is 12.6. The molecular formula is C22H29ClLiO3P. The Hall–Kier alpha value is -0.973. The van der Waals surface area contributed by atoms with Crippen LogP contribution in [0.25, 0.3) is 0 Å². The number of unbranched alkanes of at least 4 members (excludes halogenated alkanes) is 1. The van der Waals surface area contributed by atoms with Gasteiger partial charge < -0.3 is 10.9 Å². The molecule has 0 radical (unpaired) electrons. The second kappa shape index (κ2) is 13.3. The monoisotopic (exact) mass is 414 g/mol. The minimum atomic E-state index is -0.0587. The molecule has 0 spiro atoms. The van der Waals surface area contributed by atoms with Crippen molar-refractivity contribution < 1.29 is 34.6 Å². The number of carbonyl (C=O) groups excluding carboxylic acids is 1. The molecule has 0 bridgehead atoms. The third kappa shape index (κ3) is 7.45. The number of methoxy groups -OCH3 is 1. The second-order valence-electron chi connectivity index (χ2n) is 6.52. The van der Waals surface area contributed by atoms with E-state index in [4.69, 9.17) is 21.1 Å². The number of rotatable bonds is 11. The quantitative estimate of drug-likeness (QED) is 0.418. The first-order valence-corrected chi connectivity index (χ1v) is 10.8. The number of halogens is 1. The van der Waals surface area contributed by atoms with Gasteiger partial charge in [-0.3, -0.25) is 4.79 Å². The van der Waals surface area contributed by atoms with E-state index in [2.05, 4.69) is 13.8 Å². The Labute approximate surface area is 189 Å². The number of benzene rings is 2. The predicted octanol–water partition coefficient (Wildman–Crippen LogP) is 3.20. The van der Waals surface area contributed by atoms with Crippen LogP contribution in [-0.2, 0) is 0 Å². The second-order valence-corrected chi connectivity index (χ2v) is 8.17. The minimum Gasteiger partial charge on any atom is -1.00 e. The molecule has 0 fully saturated rings. The van der Waals surface area contributed by atoms with Gasteiger partial charge in [0.15, 0.2) is 5.52 Å². The summed E-state index contributed by atoms with van der Waals surface area (Å²) in [7, 11) is 1.51. The molecule has 3 nitrogen and oxygen atoms in total. The molecule has 0 heterocycles. The van der Waals surface area contributed by atoms with Crippen molar-refractivity contribution in [2.24, 2.45) is 5.92 Å². The zero-order chi connectivity index (χ0) is 19.6. The number of carbonyl (C=O) groups is 1. The van der Waals surface area contributed by atoms with Gasteiger partial charge in [0.25, 0.3) is 0 Å². The van der Waals surface area contributed by atoms with Crippen LogP contribution in [0.4, 0.5) is 0 Å². The molecule has 0 N–H and O–H groups in total. The van der Waals surface area contributed by atoms with E-state index in [1.165, 1.54) is 19.3 Å². The van der Waals surface area contributed by atoms with Crippen LogP contribution in [0, 0.1) is 5.92 Å². The molecule has 0 saturated carbocycles. The van der Waals surface area contributed by atoms with Crippen LogP contribution < -0.4 is 33.6 Å². The van der Waals surface area contributed by atoms with Gasteiger partial charge in [0.2, 0.25) is 0 Å². The van der Waals surface area contributed by atoms with Crippen molar-refractivity contribution >= 4 is 31.0 Å². The van der Waals surface area contributed by atoms with E-state index in [0.717, 1.165) is 17.5 Å². The Morgan fingerprint density at radius 2 is 1.96 bits per heavy atom. The van der Waals surface area contributed by atoms with Crippen molar-refractivity contribution in [1.29, 1.82) is 0 Å². The van der Waals surface area contributed by atoms with Gasteiger partial charge in [0.1, 0.15) is 11.5 Å². The largest absolute Gasteiger partial charge is 1.00 e. The van der Waals surface area contributed by atoms with Crippen molar-refractivity contribution in [2.75, 3.05) is 13.7 Å². The van der Waals surface area contributed by atoms with Crippen LogP contribution in [-0.4, -0.2) is 19.2 Å². The summed E-state index contributed by atoms with van der Waals surface area (Å²) in [6.07, 6.45) is 4.74. The van der Waals surface area contributed by atoms with Gasteiger partial charge >= 0.3 is 18.9 Å². The third-order valence-corrected chi connectivity index (χ3v) is 6.24. The summed E-state index contributed by atoms with van der Waals surface area (Å²) in [6, 6.07) is 12.8. The van der Waals surface area contributed by atoms with Crippen molar-refractivity contribution in [3.8, 4) is 11.5 Å². The fourth-order valence-electron chi connectivity index (χ4n) is 2.82. The van der Waals surface area contributed by atoms with E-state index < -0.39 is 0 Å². The Balaban J connectivity index is 0.00000392. The molecule has 0 aliphatic rings. The molecule has 148 valence electrons. The Morgan fingerprint density at radius 1 is 1.21 bits per heavy atom. The fraction of sp³-hybridized carbons (Fsp3) is 0.409. The Bertz CT molecular complexity index is 761. The topological polar surface area (TPSA) is 35.5 Å². The summed E-state index contributed by atoms with van der Waals surface area (Å²) in [5.41, 5.74) is 0.588. The molecule has 6 heteroatoms. The van der Waals surface area contributed by atoms with Gasteiger partial charge in [-0.2, -0.15) is 0 Å². The minimum absolute atomic E-state index is 0. The molecule has 28 heavy (non-hydrogen) atoms. The number of hydrogen-bond acceptors (Lipinski definition) is 3. The smallest absolute Gasteiger partial charge is 1.00 e. The SMILES string of the molecule is CCCCC(CC)COc1ccc(PC(=O)c2ccccc2OC)c(Cl)c1.[H-].[Li+]. The molecule has 2 atom stereocenters. The molecular weight excluding hydrogens is 386 g/mol. The summed E-state index contributed by atoms with van der Waals surface area (Å²) >= 11 is 6.41. The zero-order valence-corrected chi connectivity index (χ0v) is 19.0. The first-order chi connectivity index (χ1) is 13.1. The van der Waals surface area contributed by atoms with Gasteiger partial charge in [0, 0.05) is 0 Å². The Morgan fingerprint density at radius 3 is 2.61 bits per heavy atom. The third-order valence-electron chi connectivity index (χ3n) is 4.57. The van der Waals surface area contributed by atoms with Gasteiger partial charge in [-0.05, 0) is 56.6 Å². The van der Waals surface area contributed by atoms with Crippen molar-refractivity contribution in [3.05, 3.63) is 53.1 Å². The summed E-state index contributed by atoms with van der Waals surface area (Å²) in [6.45, 7) is 5.11. The molecule has 0 amide bonds. The standard InChI is InChI=1S/C22H28ClO3P.Li.H/c1-4-6-9-16(5-2)15-26-17-12-13-21(19(23)14-17)27-22(24)18-10-7-8-11-20(18)25-3;;/h7-8,10-14,16,27H,4-6,9,15H2,1-3H3;;/q;+1;-1. The summed E-state index contributed by atoms with van der Waals surface area (Å²) in [4.78, 5) is 12.6. The molecule has 0 saturated heterocycles. The van der Waals surface area contributed by atoms with Crippen molar-refractivity contribution in [3.63, 3.8) is 0 Å². The predicted molar refractivity (Wildman–Crippen MR) is 117 cm³/mol. The molecule has 0 aromatic heterocycles. The van der Waals surface area contributed by atoms with Gasteiger partial charge in [0.05, 0.1) is 24.3 Å². The van der Waals surface area contributed by atoms with Crippen molar-refractivity contribution in [1.82, 2.24) is 0 Å². The first kappa shape index (κ1) is 25.1. The maximum Gasteiger partial charge on any atom is 1.00 e. The molecule has 0 aliphatic heterocycles. The summed E-state index contributed by atoms with van der Waals surface area (Å²) < 4.78 is 11.2. The average molecular weight is 415 g/mol. The molecule has 0 aliphatic carbocycles. The zero-order valence-electron chi connectivity index (χ0n) is 18.3. The van der Waals surface area contributed by atoms with Gasteiger partial charge in [-0.25, -0.2) is 0 Å². The summed E-state index contributed by atoms with van der Waals surface area (Å²) in [5, 5.41) is 1.38. The van der Waals surface area contributed by atoms with E-state index >= 15 is 0 Å². The van der Waals surface area contributed by atoms with Crippen LogP contribution in [0.2, 0.25) is 5.02 Å². The fourth-order valence-corrected chi connectivity index (χ4v) is 4.08. The van der Waals surface area contributed by atoms with E-state index in [1.54, 1.807) is 19.2 Å². The van der Waals surface area contributed by atoms with Crippen LogP contribution in [0.1, 0.15) is 51.3 Å². The van der Waals surface area contributed by atoms with E-state index in [1.807, 2.05) is 30.3 Å². The number of hydrogen-bond donors (Lipinski definition) is 0. The van der Waals surface area contributed by atoms with Crippen LogP contribution in [0.3, 0.4) is 0 Å². The molecule has 2 rings (SSSR count). The molecule has 2 aromatic rings. The average Bonchev–Trinajstić information content (AvgIpc) is 2.69. The normalized spacial score (nSPS) is 11.9. The van der Waals surface area contributed by atoms with Crippen LogP contribution in [0.15, 0.2) is 42.5 Å². The number of para-hydroxylation sites is 1. The first-order valence-electron chi connectivity index (χ1n) is 9.45. The van der Waals surface area contributed by atoms with E-state index in [0.29, 0.717) is 28.9 Å². The van der Waals surface area contributed by atoms with Crippen molar-refractivity contribution in [2.45, 2.75) is 39.5 Å². The summed E-state index contributed by atoms with van der Waals surface area (Å²) in [5.74, 6) is 1.91.